The van der Waals surface area contributed by atoms with E-state index in [2.05, 4.69) is 5.32 Å². The highest BCUT2D eigenvalue weighted by molar-refractivity contribution is 7.99. The van der Waals surface area contributed by atoms with E-state index in [4.69, 9.17) is 34.8 Å². The van der Waals surface area contributed by atoms with E-state index in [1.54, 1.807) is 35.7 Å². The van der Waals surface area contributed by atoms with Gasteiger partial charge in [-0.2, -0.15) is 0 Å². The van der Waals surface area contributed by atoms with E-state index in [1.807, 2.05) is 44.2 Å². The first-order valence-corrected chi connectivity index (χ1v) is 12.2. The number of rotatable bonds is 10. The normalized spacial score (nSPS) is 12.0. The van der Waals surface area contributed by atoms with Crippen molar-refractivity contribution in [1.82, 2.24) is 10.2 Å². The molecule has 1 N–H and O–H groups in total. The number of halogens is 3. The Labute approximate surface area is 203 Å². The molecule has 31 heavy (non-hydrogen) atoms. The molecule has 0 aromatic heterocycles. The third-order valence-electron chi connectivity index (χ3n) is 4.55. The lowest BCUT2D eigenvalue weighted by Gasteiger charge is -2.29. The Morgan fingerprint density at radius 2 is 1.68 bits per heavy atom. The van der Waals surface area contributed by atoms with Crippen molar-refractivity contribution in [3.63, 3.8) is 0 Å². The summed E-state index contributed by atoms with van der Waals surface area (Å²) in [5.41, 5.74) is 0.822. The number of nitrogens with zero attached hydrogens (tertiary/aromatic N) is 1. The average molecular weight is 502 g/mol. The molecule has 2 rings (SSSR count). The highest BCUT2D eigenvalue weighted by Crippen LogP contribution is 2.25. The number of carbonyl (C=O) groups is 2. The molecular formula is C23H27Cl3N2O2S. The van der Waals surface area contributed by atoms with Gasteiger partial charge in [-0.1, -0.05) is 40.9 Å². The van der Waals surface area contributed by atoms with Gasteiger partial charge in [-0.05, 0) is 74.9 Å². The van der Waals surface area contributed by atoms with Crippen LogP contribution in [0.2, 0.25) is 15.1 Å². The van der Waals surface area contributed by atoms with Gasteiger partial charge in [0.05, 0.1) is 10.0 Å². The fourth-order valence-corrected chi connectivity index (χ4v) is 4.21. The number of benzene rings is 2. The maximum Gasteiger partial charge on any atom is 0.242 e. The topological polar surface area (TPSA) is 49.4 Å². The molecular weight excluding hydrogens is 475 g/mol. The number of thioether (sulfide) groups is 1. The van der Waals surface area contributed by atoms with Gasteiger partial charge in [-0.3, -0.25) is 9.59 Å². The Kier molecular flexibility index (Phi) is 10.5. The van der Waals surface area contributed by atoms with Crippen LogP contribution >= 0.6 is 46.6 Å². The molecule has 2 aromatic rings. The second-order valence-corrected chi connectivity index (χ2v) is 9.93. The van der Waals surface area contributed by atoms with Crippen LogP contribution in [0.4, 0.5) is 0 Å². The Hall–Kier alpha value is -1.40. The Balaban J connectivity index is 2.02. The quantitative estimate of drug-likeness (QED) is 0.300. The van der Waals surface area contributed by atoms with E-state index >= 15 is 0 Å². The molecule has 168 valence electrons. The first kappa shape index (κ1) is 25.9. The van der Waals surface area contributed by atoms with Gasteiger partial charge in [0.1, 0.15) is 6.04 Å². The van der Waals surface area contributed by atoms with E-state index in [1.165, 1.54) is 0 Å². The molecule has 0 aliphatic carbocycles. The standard InChI is InChI=1S/C23H27Cl3N2O2S/c1-15(2)27-23(30)16(3)28(14-17-6-11-20(25)21(26)13-17)22(29)5-4-12-31-19-9-7-18(24)8-10-19/h6-11,13,15-16H,4-5,12,14H2,1-3H3,(H,27,30)/t16-/m0/s1. The van der Waals surface area contributed by atoms with Gasteiger partial charge in [0.25, 0.3) is 0 Å². The Morgan fingerprint density at radius 3 is 2.29 bits per heavy atom. The summed E-state index contributed by atoms with van der Waals surface area (Å²) >= 11 is 19.7. The van der Waals surface area contributed by atoms with Crippen molar-refractivity contribution < 1.29 is 9.59 Å². The largest absolute Gasteiger partial charge is 0.352 e. The zero-order valence-corrected chi connectivity index (χ0v) is 20.9. The minimum absolute atomic E-state index is 0.00680. The molecule has 2 aromatic carbocycles. The number of hydrogen-bond donors (Lipinski definition) is 1. The first-order valence-electron chi connectivity index (χ1n) is 10.1. The van der Waals surface area contributed by atoms with E-state index in [9.17, 15) is 9.59 Å². The summed E-state index contributed by atoms with van der Waals surface area (Å²) in [6, 6.07) is 12.3. The lowest BCUT2D eigenvalue weighted by atomic mass is 10.1. The third-order valence-corrected chi connectivity index (χ3v) is 6.64. The van der Waals surface area contributed by atoms with Crippen molar-refractivity contribution in [2.24, 2.45) is 0 Å². The molecule has 0 aliphatic rings. The average Bonchev–Trinajstić information content (AvgIpc) is 2.72. The summed E-state index contributed by atoms with van der Waals surface area (Å²) in [5.74, 6) is 0.536. The molecule has 0 heterocycles. The second-order valence-electron chi connectivity index (χ2n) is 7.52. The van der Waals surface area contributed by atoms with Crippen LogP contribution in [-0.2, 0) is 16.1 Å². The van der Waals surface area contributed by atoms with Gasteiger partial charge >= 0.3 is 0 Å². The van der Waals surface area contributed by atoms with Crippen molar-refractivity contribution in [3.8, 4) is 0 Å². The Bertz CT molecular complexity index is 891. The summed E-state index contributed by atoms with van der Waals surface area (Å²) in [6.07, 6.45) is 1.05. The van der Waals surface area contributed by atoms with E-state index in [0.717, 1.165) is 16.2 Å². The third kappa shape index (κ3) is 8.57. The van der Waals surface area contributed by atoms with Crippen molar-refractivity contribution >= 4 is 58.4 Å². The molecule has 2 amide bonds. The monoisotopic (exact) mass is 500 g/mol. The van der Waals surface area contributed by atoms with Crippen molar-refractivity contribution in [2.75, 3.05) is 5.75 Å². The van der Waals surface area contributed by atoms with Crippen molar-refractivity contribution in [3.05, 3.63) is 63.1 Å². The van der Waals surface area contributed by atoms with Crippen molar-refractivity contribution in [2.45, 2.75) is 57.1 Å². The molecule has 0 radical (unpaired) electrons. The van der Waals surface area contributed by atoms with Gasteiger partial charge in [-0.25, -0.2) is 0 Å². The molecule has 0 aliphatic heterocycles. The summed E-state index contributed by atoms with van der Waals surface area (Å²) in [7, 11) is 0. The van der Waals surface area contributed by atoms with Crippen LogP contribution in [0.1, 0.15) is 39.2 Å². The molecule has 0 bridgehead atoms. The zero-order valence-electron chi connectivity index (χ0n) is 17.8. The van der Waals surface area contributed by atoms with E-state index < -0.39 is 6.04 Å². The summed E-state index contributed by atoms with van der Waals surface area (Å²) in [5, 5.41) is 4.46. The predicted molar refractivity (Wildman–Crippen MR) is 131 cm³/mol. The maximum atomic E-state index is 13.0. The fraction of sp³-hybridized carbons (Fsp3) is 0.391. The minimum Gasteiger partial charge on any atom is -0.352 e. The SMILES string of the molecule is CC(C)NC(=O)[C@H](C)N(Cc1ccc(Cl)c(Cl)c1)C(=O)CCCSc1ccc(Cl)cc1. The van der Waals surface area contributed by atoms with E-state index in [-0.39, 0.29) is 24.4 Å². The minimum atomic E-state index is -0.603. The fourth-order valence-electron chi connectivity index (χ4n) is 2.91. The molecule has 4 nitrogen and oxygen atoms in total. The van der Waals surface area contributed by atoms with Crippen LogP contribution in [0.15, 0.2) is 47.4 Å². The van der Waals surface area contributed by atoms with Crippen LogP contribution in [-0.4, -0.2) is 34.6 Å². The Morgan fingerprint density at radius 1 is 1.00 bits per heavy atom. The van der Waals surface area contributed by atoms with Crippen LogP contribution in [0.3, 0.4) is 0 Å². The molecule has 1 atom stereocenters. The molecule has 0 saturated carbocycles. The highest BCUT2D eigenvalue weighted by Gasteiger charge is 2.26. The summed E-state index contributed by atoms with van der Waals surface area (Å²) in [4.78, 5) is 28.3. The molecule has 0 fully saturated rings. The molecule has 0 spiro atoms. The first-order chi connectivity index (χ1) is 14.7. The molecule has 0 saturated heterocycles. The molecule has 8 heteroatoms. The number of carbonyl (C=O) groups excluding carboxylic acids is 2. The van der Waals surface area contributed by atoms with E-state index in [0.29, 0.717) is 27.9 Å². The lowest BCUT2D eigenvalue weighted by Crippen LogP contribution is -2.49. The van der Waals surface area contributed by atoms with Gasteiger partial charge < -0.3 is 10.2 Å². The van der Waals surface area contributed by atoms with Crippen LogP contribution in [0, 0.1) is 0 Å². The van der Waals surface area contributed by atoms with Gasteiger partial charge in [-0.15, -0.1) is 11.8 Å². The van der Waals surface area contributed by atoms with Crippen LogP contribution in [0.25, 0.3) is 0 Å². The summed E-state index contributed by atoms with van der Waals surface area (Å²) < 4.78 is 0. The van der Waals surface area contributed by atoms with Gasteiger partial charge in [0.15, 0.2) is 0 Å². The number of hydrogen-bond acceptors (Lipinski definition) is 3. The molecule has 0 unspecified atom stereocenters. The van der Waals surface area contributed by atoms with Gasteiger partial charge in [0, 0.05) is 28.9 Å². The summed E-state index contributed by atoms with van der Waals surface area (Å²) in [6.45, 7) is 5.82. The zero-order chi connectivity index (χ0) is 23.0. The highest BCUT2D eigenvalue weighted by atomic mass is 35.5. The smallest absolute Gasteiger partial charge is 0.242 e. The van der Waals surface area contributed by atoms with Gasteiger partial charge in [0.2, 0.25) is 11.8 Å². The number of amides is 2. The predicted octanol–water partition coefficient (Wildman–Crippen LogP) is 6.46. The van der Waals surface area contributed by atoms with Crippen LogP contribution in [0.5, 0.6) is 0 Å². The maximum absolute atomic E-state index is 13.0. The second kappa shape index (κ2) is 12.6. The van der Waals surface area contributed by atoms with Crippen LogP contribution < -0.4 is 5.32 Å². The number of nitrogens with one attached hydrogen (secondary N) is 1. The lowest BCUT2D eigenvalue weighted by molar-refractivity contribution is -0.140. The van der Waals surface area contributed by atoms with Crippen molar-refractivity contribution in [1.29, 1.82) is 0 Å².